The summed E-state index contributed by atoms with van der Waals surface area (Å²) in [4.78, 5) is 28.3. The molecule has 10 heteroatoms. The zero-order valence-corrected chi connectivity index (χ0v) is 12.3. The molecule has 0 saturated carbocycles. The van der Waals surface area contributed by atoms with Gasteiger partial charge in [0, 0.05) is 11.9 Å². The highest BCUT2D eigenvalue weighted by molar-refractivity contribution is 6.15. The molecule has 1 aromatic rings. The van der Waals surface area contributed by atoms with Crippen molar-refractivity contribution >= 4 is 23.5 Å². The number of anilines is 1. The monoisotopic (exact) mass is 354 g/mol. The summed E-state index contributed by atoms with van der Waals surface area (Å²) >= 11 is 0. The number of allylic oxidation sites excluding steroid dienone is 2. The number of nitrogens with zero attached hydrogens (tertiary/aromatic N) is 2. The van der Waals surface area contributed by atoms with Crippen LogP contribution in [0.4, 0.5) is 28.0 Å². The lowest BCUT2D eigenvalue weighted by Gasteiger charge is -2.28. The Bertz CT molecular complexity index is 814. The molecule has 6 nitrogen and oxygen atoms in total. The Morgan fingerprint density at radius 3 is 2.44 bits per heavy atom. The van der Waals surface area contributed by atoms with Gasteiger partial charge in [0.15, 0.2) is 0 Å². The molecule has 130 valence electrons. The highest BCUT2D eigenvalue weighted by atomic mass is 19.4. The summed E-state index contributed by atoms with van der Waals surface area (Å²) in [6.07, 6.45) is -0.0645. The van der Waals surface area contributed by atoms with Gasteiger partial charge in [-0.15, -0.1) is 0 Å². The normalized spacial score (nSPS) is 21.8. The van der Waals surface area contributed by atoms with Crippen molar-refractivity contribution in [3.8, 4) is 0 Å². The van der Waals surface area contributed by atoms with E-state index in [0.29, 0.717) is 4.90 Å². The Morgan fingerprint density at radius 2 is 1.84 bits per heavy atom. The van der Waals surface area contributed by atoms with Crippen LogP contribution in [0.3, 0.4) is 0 Å². The van der Waals surface area contributed by atoms with Crippen molar-refractivity contribution in [2.45, 2.75) is 11.8 Å². The number of aliphatic imine (C=N–C) groups is 1. The molecule has 2 N–H and O–H groups in total. The van der Waals surface area contributed by atoms with Gasteiger partial charge in [-0.05, 0) is 36.4 Å². The average Bonchev–Trinajstić information content (AvgIpc) is 2.83. The van der Waals surface area contributed by atoms with Gasteiger partial charge in [0.25, 0.3) is 5.91 Å². The smallest absolute Gasteiger partial charge is 0.308 e. The van der Waals surface area contributed by atoms with Crippen LogP contribution < -0.4 is 10.6 Å². The molecule has 0 aliphatic carbocycles. The van der Waals surface area contributed by atoms with E-state index in [4.69, 9.17) is 0 Å². The number of urea groups is 1. The van der Waals surface area contributed by atoms with Crippen LogP contribution in [-0.4, -0.2) is 34.5 Å². The van der Waals surface area contributed by atoms with Crippen molar-refractivity contribution < 1.29 is 27.2 Å². The van der Waals surface area contributed by atoms with Gasteiger partial charge >= 0.3 is 17.9 Å². The Kier molecular flexibility index (Phi) is 3.82. The molecule has 3 amide bonds. The molecule has 0 aromatic heterocycles. The van der Waals surface area contributed by atoms with E-state index in [2.05, 4.69) is 10.3 Å². The maximum atomic E-state index is 13.6. The fraction of sp³-hybridized carbons (Fsp3) is 0.133. The topological polar surface area (TPSA) is 73.8 Å². The first-order valence-electron chi connectivity index (χ1n) is 6.93. The number of amidine groups is 1. The Labute approximate surface area is 138 Å². The Morgan fingerprint density at radius 1 is 1.16 bits per heavy atom. The Hall–Kier alpha value is -3.17. The number of amides is 3. The predicted molar refractivity (Wildman–Crippen MR) is 79.9 cm³/mol. The van der Waals surface area contributed by atoms with E-state index < -0.39 is 29.6 Å². The van der Waals surface area contributed by atoms with E-state index >= 15 is 0 Å². The lowest BCUT2D eigenvalue weighted by molar-refractivity contribution is -0.194. The van der Waals surface area contributed by atoms with E-state index in [1.165, 1.54) is 18.2 Å². The first-order chi connectivity index (χ1) is 11.7. The van der Waals surface area contributed by atoms with Gasteiger partial charge in [-0.3, -0.25) is 15.0 Å². The minimum absolute atomic E-state index is 0.0480. The van der Waals surface area contributed by atoms with Gasteiger partial charge < -0.3 is 5.32 Å². The molecule has 0 bridgehead atoms. The van der Waals surface area contributed by atoms with Crippen molar-refractivity contribution in [2.24, 2.45) is 4.99 Å². The largest absolute Gasteiger partial charge is 0.442 e. The van der Waals surface area contributed by atoms with E-state index in [0.717, 1.165) is 30.5 Å². The van der Waals surface area contributed by atoms with Crippen LogP contribution in [0.5, 0.6) is 0 Å². The van der Waals surface area contributed by atoms with Crippen LogP contribution in [0.15, 0.2) is 53.7 Å². The van der Waals surface area contributed by atoms with E-state index in [9.17, 15) is 27.2 Å². The van der Waals surface area contributed by atoms with Crippen LogP contribution >= 0.6 is 0 Å². The van der Waals surface area contributed by atoms with Gasteiger partial charge in [-0.1, -0.05) is 6.08 Å². The maximum absolute atomic E-state index is 13.6. The first kappa shape index (κ1) is 16.7. The molecule has 25 heavy (non-hydrogen) atoms. The molecule has 0 fully saturated rings. The van der Waals surface area contributed by atoms with Crippen molar-refractivity contribution in [3.63, 3.8) is 0 Å². The minimum atomic E-state index is -5.17. The zero-order valence-electron chi connectivity index (χ0n) is 12.3. The van der Waals surface area contributed by atoms with Crippen LogP contribution in [0, 0.1) is 5.82 Å². The number of benzene rings is 1. The van der Waals surface area contributed by atoms with Crippen LogP contribution in [0.1, 0.15) is 0 Å². The number of fused-ring (bicyclic) bond motifs is 1. The van der Waals surface area contributed by atoms with Crippen molar-refractivity contribution in [2.75, 3.05) is 5.32 Å². The molecule has 1 atom stereocenters. The van der Waals surface area contributed by atoms with Crippen LogP contribution in [-0.2, 0) is 4.79 Å². The summed E-state index contributed by atoms with van der Waals surface area (Å²) < 4.78 is 53.5. The number of nitrogens with one attached hydrogen (secondary N) is 2. The van der Waals surface area contributed by atoms with Gasteiger partial charge in [0.05, 0.1) is 0 Å². The molecule has 0 unspecified atom stereocenters. The van der Waals surface area contributed by atoms with E-state index in [1.807, 2.05) is 0 Å². The van der Waals surface area contributed by atoms with Gasteiger partial charge in [-0.2, -0.15) is 13.2 Å². The maximum Gasteiger partial charge on any atom is 0.442 e. The molecule has 0 spiro atoms. The fourth-order valence-corrected chi connectivity index (χ4v) is 2.29. The number of hydrogen-bond donors (Lipinski definition) is 2. The van der Waals surface area contributed by atoms with E-state index in [1.54, 1.807) is 5.32 Å². The highest BCUT2D eigenvalue weighted by Gasteiger charge is 2.66. The third-order valence-electron chi connectivity index (χ3n) is 3.46. The van der Waals surface area contributed by atoms with Gasteiger partial charge in [0.2, 0.25) is 0 Å². The second-order valence-electron chi connectivity index (χ2n) is 5.14. The predicted octanol–water partition coefficient (Wildman–Crippen LogP) is 2.53. The summed E-state index contributed by atoms with van der Waals surface area (Å²) in [6.45, 7) is 0. The van der Waals surface area contributed by atoms with E-state index in [-0.39, 0.29) is 11.5 Å². The second-order valence-corrected chi connectivity index (χ2v) is 5.14. The molecule has 1 aromatic carbocycles. The summed E-state index contributed by atoms with van der Waals surface area (Å²) in [6, 6.07) is 3.05. The molecular weight excluding hydrogens is 344 g/mol. The lowest BCUT2D eigenvalue weighted by Crippen LogP contribution is -2.63. The van der Waals surface area contributed by atoms with Crippen LogP contribution in [0.25, 0.3) is 0 Å². The van der Waals surface area contributed by atoms with Crippen molar-refractivity contribution in [3.05, 3.63) is 54.5 Å². The number of carbonyl (C=O) groups is 2. The van der Waals surface area contributed by atoms with Gasteiger partial charge in [0.1, 0.15) is 11.7 Å². The summed E-state index contributed by atoms with van der Waals surface area (Å²) in [5.41, 5.74) is -3.39. The number of hydrogen-bond acceptors (Lipinski definition) is 3. The quantitative estimate of drug-likeness (QED) is 0.801. The highest BCUT2D eigenvalue weighted by Crippen LogP contribution is 2.38. The summed E-state index contributed by atoms with van der Waals surface area (Å²) in [5, 5.41) is 3.69. The van der Waals surface area contributed by atoms with Gasteiger partial charge in [-0.25, -0.2) is 14.2 Å². The van der Waals surface area contributed by atoms with Crippen LogP contribution in [0.2, 0.25) is 0 Å². The zero-order chi connectivity index (χ0) is 18.2. The number of alkyl halides is 3. The molecule has 2 heterocycles. The lowest BCUT2D eigenvalue weighted by atomic mass is 10.1. The average molecular weight is 354 g/mol. The summed E-state index contributed by atoms with van der Waals surface area (Å²) in [5.74, 6) is -2.28. The minimum Gasteiger partial charge on any atom is -0.308 e. The van der Waals surface area contributed by atoms with Crippen molar-refractivity contribution in [1.29, 1.82) is 0 Å². The Balaban J connectivity index is 1.88. The third kappa shape index (κ3) is 2.86. The third-order valence-corrected chi connectivity index (χ3v) is 3.46. The number of halogens is 4. The molecule has 0 saturated heterocycles. The number of carbonyl (C=O) groups excluding carboxylic acids is 2. The number of rotatable bonds is 2. The molecule has 2 aliphatic heterocycles. The fourth-order valence-electron chi connectivity index (χ4n) is 2.29. The molecule has 0 radical (unpaired) electrons. The summed E-state index contributed by atoms with van der Waals surface area (Å²) in [7, 11) is 0. The first-order valence-corrected chi connectivity index (χ1v) is 6.93. The van der Waals surface area contributed by atoms with Crippen molar-refractivity contribution in [1.82, 2.24) is 10.2 Å². The molecular formula is C15H10F4N4O2. The molecule has 2 aliphatic rings. The SMILES string of the molecule is O=C(Nc1ccc(F)cc1)N[C@]1(C(F)(F)F)N=C2C=CC=CN2C1=O. The second kappa shape index (κ2) is 5.72. The standard InChI is InChI=1S/C15H10F4N4O2/c16-9-4-6-10(7-5-9)20-13(25)22-14(15(17,18)19)12(24)23-8-2-1-3-11(23)21-14/h1-8H,(H2,20,22,25)/t14-/m1/s1. The molecule has 3 rings (SSSR count).